The van der Waals surface area contributed by atoms with Crippen molar-refractivity contribution in [2.75, 3.05) is 53.4 Å². The van der Waals surface area contributed by atoms with Gasteiger partial charge < -0.3 is 9.80 Å². The van der Waals surface area contributed by atoms with Crippen LogP contribution in [0.15, 0.2) is 47.4 Å². The molecule has 2 aliphatic rings. The van der Waals surface area contributed by atoms with E-state index in [1.165, 1.54) is 6.07 Å². The molecule has 2 aromatic carbocycles. The number of piperazine rings is 1. The molecule has 3 amide bonds. The van der Waals surface area contributed by atoms with E-state index in [9.17, 15) is 23.2 Å². The average Bonchev–Trinajstić information content (AvgIpc) is 3.11. The fraction of sp³-hybridized carbons (Fsp3) is 0.346. The maximum Gasteiger partial charge on any atom is 0.293 e. The quantitative estimate of drug-likeness (QED) is 0.527. The Morgan fingerprint density at radius 2 is 1.81 bits per heavy atom. The Labute approximate surface area is 213 Å². The maximum absolute atomic E-state index is 14.0. The molecule has 0 radical (unpaired) electrons. The van der Waals surface area contributed by atoms with Crippen molar-refractivity contribution in [1.29, 1.82) is 0 Å². The summed E-state index contributed by atoms with van der Waals surface area (Å²) in [6.45, 7) is 4.59. The van der Waals surface area contributed by atoms with Crippen LogP contribution in [0.5, 0.6) is 0 Å². The summed E-state index contributed by atoms with van der Waals surface area (Å²) >= 11 is 0.752. The summed E-state index contributed by atoms with van der Waals surface area (Å²) < 4.78 is 27.2. The lowest BCUT2D eigenvalue weighted by molar-refractivity contribution is -0.123. The molecule has 10 heteroatoms. The third kappa shape index (κ3) is 6.18. The summed E-state index contributed by atoms with van der Waals surface area (Å²) in [4.78, 5) is 45.7. The number of hydrogen-bond donors (Lipinski definition) is 0. The summed E-state index contributed by atoms with van der Waals surface area (Å²) in [6, 6.07) is 9.95. The van der Waals surface area contributed by atoms with Gasteiger partial charge in [-0.1, -0.05) is 18.2 Å². The van der Waals surface area contributed by atoms with Crippen LogP contribution < -0.4 is 0 Å². The van der Waals surface area contributed by atoms with Crippen molar-refractivity contribution in [3.05, 3.63) is 75.7 Å². The lowest BCUT2D eigenvalue weighted by atomic mass is 10.1. The van der Waals surface area contributed by atoms with Crippen LogP contribution in [0.2, 0.25) is 0 Å². The number of rotatable bonds is 7. The van der Waals surface area contributed by atoms with Crippen molar-refractivity contribution in [2.45, 2.75) is 6.54 Å². The molecule has 0 unspecified atom stereocenters. The van der Waals surface area contributed by atoms with Crippen LogP contribution in [0.25, 0.3) is 6.08 Å². The standard InChI is InChI=1S/C26H28F2N4O3S/c1-29(2)8-9-30-10-12-31(13-11-30)24(33)19-5-3-4-18(14-19)15-23-25(34)32(26(35)36-23)17-20-6-7-21(27)16-22(20)28/h3-7,14-16H,8-13,17H2,1-2H3/b23-15-. The van der Waals surface area contributed by atoms with Crippen molar-refractivity contribution in [1.82, 2.24) is 19.6 Å². The lowest BCUT2D eigenvalue weighted by Crippen LogP contribution is -2.49. The molecular weight excluding hydrogens is 486 g/mol. The maximum atomic E-state index is 14.0. The third-order valence-electron chi connectivity index (χ3n) is 6.17. The minimum Gasteiger partial charge on any atom is -0.336 e. The van der Waals surface area contributed by atoms with Crippen LogP contribution in [0, 0.1) is 11.6 Å². The van der Waals surface area contributed by atoms with E-state index in [-0.39, 0.29) is 22.9 Å². The van der Waals surface area contributed by atoms with E-state index in [4.69, 9.17) is 0 Å². The number of carbonyl (C=O) groups excluding carboxylic acids is 3. The number of imide groups is 1. The molecule has 0 N–H and O–H groups in total. The highest BCUT2D eigenvalue weighted by molar-refractivity contribution is 8.18. The minimum absolute atomic E-state index is 0.0503. The number of benzene rings is 2. The Balaban J connectivity index is 1.41. The minimum atomic E-state index is -0.817. The zero-order valence-electron chi connectivity index (χ0n) is 20.2. The number of thioether (sulfide) groups is 1. The molecule has 2 saturated heterocycles. The van der Waals surface area contributed by atoms with E-state index in [1.807, 2.05) is 19.0 Å². The number of nitrogens with zero attached hydrogens (tertiary/aromatic N) is 4. The average molecular weight is 515 g/mol. The molecule has 0 aliphatic carbocycles. The number of likely N-dealkylation sites (N-methyl/N-ethyl adjacent to an activating group) is 1. The molecular formula is C26H28F2N4O3S. The van der Waals surface area contributed by atoms with Gasteiger partial charge in [-0.15, -0.1) is 0 Å². The normalized spacial score (nSPS) is 18.1. The first-order valence-corrected chi connectivity index (χ1v) is 12.5. The predicted octanol–water partition coefficient (Wildman–Crippen LogP) is 3.52. The zero-order valence-corrected chi connectivity index (χ0v) is 21.1. The first-order chi connectivity index (χ1) is 17.2. The third-order valence-corrected chi connectivity index (χ3v) is 7.08. The van der Waals surface area contributed by atoms with Gasteiger partial charge in [-0.3, -0.25) is 24.2 Å². The number of hydrogen-bond acceptors (Lipinski definition) is 6. The molecule has 2 aromatic rings. The molecule has 190 valence electrons. The van der Waals surface area contributed by atoms with E-state index in [1.54, 1.807) is 30.3 Å². The number of carbonyl (C=O) groups is 3. The first-order valence-electron chi connectivity index (χ1n) is 11.7. The smallest absolute Gasteiger partial charge is 0.293 e. The summed E-state index contributed by atoms with van der Waals surface area (Å²) in [5.41, 5.74) is 1.18. The second-order valence-corrected chi connectivity index (χ2v) is 10.1. The molecule has 0 spiro atoms. The highest BCUT2D eigenvalue weighted by Crippen LogP contribution is 2.33. The van der Waals surface area contributed by atoms with Crippen molar-refractivity contribution in [2.24, 2.45) is 0 Å². The van der Waals surface area contributed by atoms with Gasteiger partial charge in [0.15, 0.2) is 0 Å². The van der Waals surface area contributed by atoms with E-state index in [0.29, 0.717) is 24.2 Å². The number of halogens is 2. The Morgan fingerprint density at radius 1 is 1.06 bits per heavy atom. The van der Waals surface area contributed by atoms with Gasteiger partial charge in [0, 0.05) is 56.5 Å². The largest absolute Gasteiger partial charge is 0.336 e. The van der Waals surface area contributed by atoms with Gasteiger partial charge in [0.2, 0.25) is 0 Å². The van der Waals surface area contributed by atoms with Gasteiger partial charge >= 0.3 is 0 Å². The van der Waals surface area contributed by atoms with Crippen LogP contribution in [0.1, 0.15) is 21.5 Å². The zero-order chi connectivity index (χ0) is 25.8. The van der Waals surface area contributed by atoms with Gasteiger partial charge in [-0.25, -0.2) is 8.78 Å². The number of amides is 3. The van der Waals surface area contributed by atoms with E-state index in [2.05, 4.69) is 9.80 Å². The first kappa shape index (κ1) is 26.0. The second-order valence-electron chi connectivity index (χ2n) is 9.07. The van der Waals surface area contributed by atoms with Gasteiger partial charge in [-0.05, 0) is 55.7 Å². The van der Waals surface area contributed by atoms with Crippen molar-refractivity contribution < 1.29 is 23.2 Å². The summed E-state index contributed by atoms with van der Waals surface area (Å²) in [7, 11) is 4.08. The molecule has 0 aromatic heterocycles. The van der Waals surface area contributed by atoms with Gasteiger partial charge in [-0.2, -0.15) is 0 Å². The molecule has 0 bridgehead atoms. The van der Waals surface area contributed by atoms with E-state index < -0.39 is 22.8 Å². The van der Waals surface area contributed by atoms with Crippen LogP contribution in [0.3, 0.4) is 0 Å². The highest BCUT2D eigenvalue weighted by atomic mass is 32.2. The SMILES string of the molecule is CN(C)CCN1CCN(C(=O)c2cccc(/C=C3\SC(=O)N(Cc4ccc(F)cc4F)C3=O)c2)CC1. The molecule has 36 heavy (non-hydrogen) atoms. The monoisotopic (exact) mass is 514 g/mol. The van der Waals surface area contributed by atoms with Gasteiger partial charge in [0.25, 0.3) is 17.1 Å². The van der Waals surface area contributed by atoms with Gasteiger partial charge in [0.05, 0.1) is 11.4 Å². The molecule has 2 fully saturated rings. The molecule has 0 atom stereocenters. The highest BCUT2D eigenvalue weighted by Gasteiger charge is 2.35. The lowest BCUT2D eigenvalue weighted by Gasteiger charge is -2.35. The fourth-order valence-electron chi connectivity index (χ4n) is 4.07. The second kappa shape index (κ2) is 11.3. The van der Waals surface area contributed by atoms with E-state index >= 15 is 0 Å². The van der Waals surface area contributed by atoms with Gasteiger partial charge in [0.1, 0.15) is 11.6 Å². The molecule has 7 nitrogen and oxygen atoms in total. The van der Waals surface area contributed by atoms with Crippen LogP contribution in [-0.2, 0) is 11.3 Å². The Kier molecular flexibility index (Phi) is 8.17. The molecule has 0 saturated carbocycles. The topological polar surface area (TPSA) is 64.2 Å². The molecule has 4 rings (SSSR count). The van der Waals surface area contributed by atoms with Crippen molar-refractivity contribution in [3.8, 4) is 0 Å². The predicted molar refractivity (Wildman–Crippen MR) is 135 cm³/mol. The van der Waals surface area contributed by atoms with Crippen molar-refractivity contribution >= 4 is 34.9 Å². The molecule has 2 heterocycles. The summed E-state index contributed by atoms with van der Waals surface area (Å²) in [5.74, 6) is -2.18. The fourth-order valence-corrected chi connectivity index (χ4v) is 4.91. The Morgan fingerprint density at radius 3 is 2.50 bits per heavy atom. The molecule has 2 aliphatic heterocycles. The summed E-state index contributed by atoms with van der Waals surface area (Å²) in [6.07, 6.45) is 1.56. The van der Waals surface area contributed by atoms with Crippen LogP contribution >= 0.6 is 11.8 Å². The summed E-state index contributed by atoms with van der Waals surface area (Å²) in [5, 5.41) is -0.533. The Bertz CT molecular complexity index is 1200. The van der Waals surface area contributed by atoms with Crippen molar-refractivity contribution in [3.63, 3.8) is 0 Å². The van der Waals surface area contributed by atoms with Crippen LogP contribution in [-0.4, -0.2) is 90.0 Å². The van der Waals surface area contributed by atoms with E-state index in [0.717, 1.165) is 55.0 Å². The van der Waals surface area contributed by atoms with Crippen LogP contribution in [0.4, 0.5) is 13.6 Å². The Hall–Kier alpha value is -3.08.